The molecule has 4 aliphatic heterocycles. The number of rotatable bonds is 5. The number of amides is 1. The van der Waals surface area contributed by atoms with E-state index in [4.69, 9.17) is 26.3 Å². The summed E-state index contributed by atoms with van der Waals surface area (Å²) in [4.78, 5) is 28.6. The van der Waals surface area contributed by atoms with E-state index < -0.39 is 12.0 Å². The van der Waals surface area contributed by atoms with Crippen molar-refractivity contribution in [3.8, 4) is 6.07 Å². The molecule has 0 aromatic heterocycles. The molecular formula is C33H34ClFN6O2. The van der Waals surface area contributed by atoms with E-state index in [2.05, 4.69) is 29.5 Å². The molecule has 2 unspecified atom stereocenters. The van der Waals surface area contributed by atoms with E-state index in [0.29, 0.717) is 48.5 Å². The molecule has 2 saturated heterocycles. The standard InChI is InChI=1S/C33H34ClFN6O2/c1-4-28(42)40-15-16-41(20(2)18-40)31-24-11-13-27(23-9-5-7-21-10-12-26(35)30(34)29(21)23)37-32(24)38-33(25(31)17-36)43-19-22-8-6-14-39(22)3/h4-5,7,9-13,20,22,24,32H,1,6,8,14-16,18-19H2,2-3H3/t20-,22-,24?,32?/m0/s1. The number of nitriles is 1. The summed E-state index contributed by atoms with van der Waals surface area (Å²) in [5.74, 6) is -0.622. The van der Waals surface area contributed by atoms with Crippen LogP contribution < -0.4 is 0 Å². The number of benzene rings is 2. The Labute approximate surface area is 256 Å². The Bertz CT molecular complexity index is 1640. The highest BCUT2D eigenvalue weighted by Crippen LogP contribution is 2.38. The zero-order valence-corrected chi connectivity index (χ0v) is 25.1. The van der Waals surface area contributed by atoms with Crippen LogP contribution in [0.1, 0.15) is 25.3 Å². The lowest BCUT2D eigenvalue weighted by Gasteiger charge is -2.45. The van der Waals surface area contributed by atoms with Crippen molar-refractivity contribution in [2.45, 2.75) is 38.0 Å². The van der Waals surface area contributed by atoms with Crippen molar-refractivity contribution in [2.24, 2.45) is 15.9 Å². The van der Waals surface area contributed by atoms with Gasteiger partial charge in [0.05, 0.1) is 16.7 Å². The smallest absolute Gasteiger partial charge is 0.246 e. The molecule has 8 nitrogen and oxygen atoms in total. The number of hydrogen-bond donors (Lipinski definition) is 0. The second kappa shape index (κ2) is 11.9. The maximum Gasteiger partial charge on any atom is 0.246 e. The van der Waals surface area contributed by atoms with Gasteiger partial charge < -0.3 is 19.4 Å². The number of nitrogens with zero attached hydrogens (tertiary/aromatic N) is 6. The number of halogens is 2. The van der Waals surface area contributed by atoms with Gasteiger partial charge in [0.25, 0.3) is 0 Å². The van der Waals surface area contributed by atoms with E-state index in [-0.39, 0.29) is 34.8 Å². The first-order valence-electron chi connectivity index (χ1n) is 14.7. The number of aliphatic imine (C=N–C) groups is 2. The average molecular weight is 601 g/mol. The summed E-state index contributed by atoms with van der Waals surface area (Å²) >= 11 is 6.46. The van der Waals surface area contributed by atoms with Gasteiger partial charge in [-0.25, -0.2) is 9.38 Å². The van der Waals surface area contributed by atoms with Crippen LogP contribution in [0.5, 0.6) is 0 Å². The Morgan fingerprint density at radius 3 is 2.81 bits per heavy atom. The summed E-state index contributed by atoms with van der Waals surface area (Å²) in [6.07, 6.45) is 6.79. The molecule has 2 fully saturated rings. The van der Waals surface area contributed by atoms with Crippen molar-refractivity contribution in [1.29, 1.82) is 5.26 Å². The molecule has 1 amide bonds. The predicted octanol–water partition coefficient (Wildman–Crippen LogP) is 4.95. The summed E-state index contributed by atoms with van der Waals surface area (Å²) in [5.41, 5.74) is 2.54. The Morgan fingerprint density at radius 2 is 2.09 bits per heavy atom. The van der Waals surface area contributed by atoms with Crippen LogP contribution in [0.15, 0.2) is 76.4 Å². The molecule has 0 aliphatic carbocycles. The summed E-state index contributed by atoms with van der Waals surface area (Å²) < 4.78 is 20.9. The number of hydrogen-bond acceptors (Lipinski definition) is 7. The zero-order chi connectivity index (χ0) is 30.2. The van der Waals surface area contributed by atoms with Gasteiger partial charge in [-0.3, -0.25) is 9.79 Å². The fourth-order valence-corrected chi connectivity index (χ4v) is 6.88. The summed E-state index contributed by atoms with van der Waals surface area (Å²) in [6, 6.07) is 11.3. The number of piperazine rings is 1. The Kier molecular flexibility index (Phi) is 8.08. The van der Waals surface area contributed by atoms with Gasteiger partial charge in [-0.1, -0.05) is 48.5 Å². The quantitative estimate of drug-likeness (QED) is 0.453. The van der Waals surface area contributed by atoms with Crippen LogP contribution >= 0.6 is 11.6 Å². The third kappa shape index (κ3) is 5.34. The SMILES string of the molecule is C=CC(=O)N1CCN(C2=C(C#N)C(OC[C@@H]3CCCN3C)=NC3N=C(c4cccc5ccc(F)c(Cl)c45)C=CC23)[C@@H](C)C1. The van der Waals surface area contributed by atoms with Gasteiger partial charge in [0, 0.05) is 48.4 Å². The van der Waals surface area contributed by atoms with Crippen molar-refractivity contribution in [2.75, 3.05) is 39.8 Å². The maximum atomic E-state index is 14.5. The minimum absolute atomic E-state index is 0.0521. The molecule has 2 aromatic rings. The van der Waals surface area contributed by atoms with Crippen LogP contribution in [0.4, 0.5) is 4.39 Å². The first-order chi connectivity index (χ1) is 20.8. The first-order valence-corrected chi connectivity index (χ1v) is 15.0. The van der Waals surface area contributed by atoms with Crippen LogP contribution in [0.3, 0.4) is 0 Å². The van der Waals surface area contributed by atoms with Crippen LogP contribution in [-0.4, -0.2) is 90.3 Å². The first kappa shape index (κ1) is 29.1. The van der Waals surface area contributed by atoms with Gasteiger partial charge in [0.15, 0.2) is 6.17 Å². The lowest BCUT2D eigenvalue weighted by atomic mass is 9.88. The molecule has 0 bridgehead atoms. The van der Waals surface area contributed by atoms with E-state index in [0.717, 1.165) is 30.5 Å². The van der Waals surface area contributed by atoms with E-state index in [1.807, 2.05) is 37.3 Å². The molecular weight excluding hydrogens is 567 g/mol. The summed E-state index contributed by atoms with van der Waals surface area (Å²) in [7, 11) is 2.08. The maximum absolute atomic E-state index is 14.5. The van der Waals surface area contributed by atoms with Crippen LogP contribution in [0.2, 0.25) is 5.02 Å². The number of ether oxygens (including phenoxy) is 1. The molecule has 43 heavy (non-hydrogen) atoms. The van der Waals surface area contributed by atoms with E-state index in [9.17, 15) is 14.4 Å². The highest BCUT2D eigenvalue weighted by atomic mass is 35.5. The van der Waals surface area contributed by atoms with E-state index in [1.165, 1.54) is 12.1 Å². The van der Waals surface area contributed by atoms with Crippen LogP contribution in [0.25, 0.3) is 10.8 Å². The largest absolute Gasteiger partial charge is 0.475 e. The number of carbonyl (C=O) groups is 1. The molecule has 0 radical (unpaired) electrons. The van der Waals surface area contributed by atoms with Gasteiger partial charge in [0.1, 0.15) is 24.1 Å². The molecule has 0 N–H and O–H groups in total. The third-order valence-corrected chi connectivity index (χ3v) is 9.29. The average Bonchev–Trinajstić information content (AvgIpc) is 3.44. The van der Waals surface area contributed by atoms with Gasteiger partial charge in [-0.2, -0.15) is 5.26 Å². The highest BCUT2D eigenvalue weighted by molar-refractivity contribution is 6.37. The van der Waals surface area contributed by atoms with E-state index >= 15 is 0 Å². The van der Waals surface area contributed by atoms with Crippen LogP contribution in [-0.2, 0) is 9.53 Å². The van der Waals surface area contributed by atoms with E-state index in [1.54, 1.807) is 11.0 Å². The molecule has 0 saturated carbocycles. The van der Waals surface area contributed by atoms with Gasteiger partial charge in [-0.05, 0) is 57.0 Å². The monoisotopic (exact) mass is 600 g/mol. The topological polar surface area (TPSA) is 84.5 Å². The Balaban J connectivity index is 1.40. The minimum atomic E-state index is -0.592. The number of fused-ring (bicyclic) bond motifs is 2. The highest BCUT2D eigenvalue weighted by Gasteiger charge is 2.41. The second-order valence-corrected chi connectivity index (χ2v) is 11.9. The molecule has 6 rings (SSSR count). The molecule has 4 heterocycles. The normalized spacial score (nSPS) is 25.7. The van der Waals surface area contributed by atoms with Crippen molar-refractivity contribution in [1.82, 2.24) is 14.7 Å². The summed E-state index contributed by atoms with van der Waals surface area (Å²) in [6.45, 7) is 8.67. The third-order valence-electron chi connectivity index (χ3n) is 8.92. The van der Waals surface area contributed by atoms with Gasteiger partial charge in [0.2, 0.25) is 11.8 Å². The fraction of sp³-hybridized carbons (Fsp3) is 0.394. The number of likely N-dealkylation sites (tertiary alicyclic amines) is 1. The number of dihydropyridines is 2. The Morgan fingerprint density at radius 1 is 1.26 bits per heavy atom. The molecule has 222 valence electrons. The molecule has 2 aromatic carbocycles. The van der Waals surface area contributed by atoms with Crippen LogP contribution in [0, 0.1) is 23.1 Å². The van der Waals surface area contributed by atoms with Crippen molar-refractivity contribution < 1.29 is 13.9 Å². The predicted molar refractivity (Wildman–Crippen MR) is 166 cm³/mol. The molecule has 0 spiro atoms. The molecule has 4 atom stereocenters. The lowest BCUT2D eigenvalue weighted by molar-refractivity contribution is -0.128. The van der Waals surface area contributed by atoms with Crippen molar-refractivity contribution in [3.63, 3.8) is 0 Å². The Hall–Kier alpha value is -4.00. The zero-order valence-electron chi connectivity index (χ0n) is 24.3. The van der Waals surface area contributed by atoms with Crippen molar-refractivity contribution in [3.05, 3.63) is 82.8 Å². The van der Waals surface area contributed by atoms with Crippen molar-refractivity contribution >= 4 is 39.9 Å². The summed E-state index contributed by atoms with van der Waals surface area (Å²) in [5, 5.41) is 11.9. The minimum Gasteiger partial charge on any atom is -0.475 e. The lowest BCUT2D eigenvalue weighted by Crippen LogP contribution is -2.55. The van der Waals surface area contributed by atoms with Gasteiger partial charge in [-0.15, -0.1) is 0 Å². The fourth-order valence-electron chi connectivity index (χ4n) is 6.60. The second-order valence-electron chi connectivity index (χ2n) is 11.5. The number of carbonyl (C=O) groups excluding carboxylic acids is 1. The molecule has 4 aliphatic rings. The number of allylic oxidation sites excluding steroid dienone is 1. The molecule has 10 heteroatoms. The van der Waals surface area contributed by atoms with Gasteiger partial charge >= 0.3 is 0 Å². The number of likely N-dealkylation sites (N-methyl/N-ethyl adjacent to an activating group) is 1.